The molecule has 0 spiro atoms. The molecule has 1 N–H and O–H groups in total. The molecular formula is C6H13N3S. The third-order valence-electron chi connectivity index (χ3n) is 1.49. The Morgan fingerprint density at radius 2 is 2.60 bits per heavy atom. The van der Waals surface area contributed by atoms with Gasteiger partial charge in [-0.05, 0) is 6.42 Å². The number of hydrogen-bond acceptors (Lipinski definition) is 4. The summed E-state index contributed by atoms with van der Waals surface area (Å²) in [5, 5.41) is 8.69. The molecule has 0 saturated heterocycles. The van der Waals surface area contributed by atoms with E-state index in [0.717, 1.165) is 6.54 Å². The molecule has 58 valence electrons. The zero-order valence-corrected chi connectivity index (χ0v) is 7.19. The van der Waals surface area contributed by atoms with E-state index in [4.69, 9.17) is 0 Å². The SMILES string of the molecule is CCC(C)SC1CN=NN1. The third kappa shape index (κ3) is 2.17. The van der Waals surface area contributed by atoms with Crippen LogP contribution in [0.25, 0.3) is 0 Å². The molecule has 1 rings (SSSR count). The average molecular weight is 159 g/mol. The van der Waals surface area contributed by atoms with E-state index in [-0.39, 0.29) is 0 Å². The van der Waals surface area contributed by atoms with Gasteiger partial charge in [-0.3, -0.25) is 5.43 Å². The van der Waals surface area contributed by atoms with Crippen molar-refractivity contribution in [2.24, 2.45) is 10.3 Å². The van der Waals surface area contributed by atoms with Gasteiger partial charge in [0.1, 0.15) is 5.37 Å². The van der Waals surface area contributed by atoms with Crippen molar-refractivity contribution in [1.82, 2.24) is 5.43 Å². The normalized spacial score (nSPS) is 26.4. The van der Waals surface area contributed by atoms with Crippen molar-refractivity contribution in [3.05, 3.63) is 0 Å². The highest BCUT2D eigenvalue weighted by atomic mass is 32.2. The minimum Gasteiger partial charge on any atom is -0.277 e. The predicted octanol–water partition coefficient (Wildman–Crippen LogP) is 1.81. The largest absolute Gasteiger partial charge is 0.277 e. The van der Waals surface area contributed by atoms with E-state index in [2.05, 4.69) is 29.6 Å². The van der Waals surface area contributed by atoms with Crippen LogP contribution in [0.5, 0.6) is 0 Å². The van der Waals surface area contributed by atoms with Crippen molar-refractivity contribution in [3.63, 3.8) is 0 Å². The molecule has 4 heteroatoms. The summed E-state index contributed by atoms with van der Waals surface area (Å²) in [7, 11) is 0. The third-order valence-corrected chi connectivity index (χ3v) is 2.87. The van der Waals surface area contributed by atoms with Crippen LogP contribution in [0, 0.1) is 0 Å². The monoisotopic (exact) mass is 159 g/mol. The maximum Gasteiger partial charge on any atom is 0.112 e. The Bertz CT molecular complexity index is 118. The van der Waals surface area contributed by atoms with Gasteiger partial charge < -0.3 is 0 Å². The molecule has 10 heavy (non-hydrogen) atoms. The Hall–Kier alpha value is -0.250. The van der Waals surface area contributed by atoms with E-state index in [1.54, 1.807) is 0 Å². The zero-order valence-electron chi connectivity index (χ0n) is 6.37. The second-order valence-corrected chi connectivity index (χ2v) is 4.04. The van der Waals surface area contributed by atoms with E-state index in [1.807, 2.05) is 11.8 Å². The van der Waals surface area contributed by atoms with Crippen molar-refractivity contribution < 1.29 is 0 Å². The van der Waals surface area contributed by atoms with Gasteiger partial charge in [-0.1, -0.05) is 19.1 Å². The molecule has 1 aliphatic rings. The van der Waals surface area contributed by atoms with E-state index < -0.39 is 0 Å². The summed E-state index contributed by atoms with van der Waals surface area (Å²) in [6.45, 7) is 5.25. The lowest BCUT2D eigenvalue weighted by molar-refractivity contribution is 0.771. The van der Waals surface area contributed by atoms with E-state index in [9.17, 15) is 0 Å². The van der Waals surface area contributed by atoms with Gasteiger partial charge in [-0.15, -0.1) is 11.8 Å². The number of nitrogens with one attached hydrogen (secondary N) is 1. The van der Waals surface area contributed by atoms with E-state index >= 15 is 0 Å². The molecule has 0 saturated carbocycles. The minimum absolute atomic E-state index is 0.426. The first-order valence-electron chi connectivity index (χ1n) is 3.60. The summed E-state index contributed by atoms with van der Waals surface area (Å²) in [6, 6.07) is 0. The quantitative estimate of drug-likeness (QED) is 0.682. The van der Waals surface area contributed by atoms with Crippen LogP contribution in [0.1, 0.15) is 20.3 Å². The van der Waals surface area contributed by atoms with E-state index in [0.29, 0.717) is 10.6 Å². The molecule has 0 aromatic carbocycles. The second-order valence-electron chi connectivity index (χ2n) is 2.40. The molecule has 1 heterocycles. The fourth-order valence-electron chi connectivity index (χ4n) is 0.711. The van der Waals surface area contributed by atoms with Crippen molar-refractivity contribution in [3.8, 4) is 0 Å². The van der Waals surface area contributed by atoms with Crippen LogP contribution < -0.4 is 5.43 Å². The first-order chi connectivity index (χ1) is 4.83. The summed E-state index contributed by atoms with van der Waals surface area (Å²) in [5.41, 5.74) is 2.94. The maximum atomic E-state index is 3.85. The summed E-state index contributed by atoms with van der Waals surface area (Å²) in [4.78, 5) is 0. The summed E-state index contributed by atoms with van der Waals surface area (Å²) in [5.74, 6) is 0. The lowest BCUT2D eigenvalue weighted by Crippen LogP contribution is -2.20. The number of nitrogens with zero attached hydrogens (tertiary/aromatic N) is 2. The first-order valence-corrected chi connectivity index (χ1v) is 4.54. The Labute approximate surface area is 65.6 Å². The standard InChI is InChI=1S/C6H13N3S/c1-3-5(2)10-6-4-7-9-8-6/h5-6H,3-4H2,1-2H3,(H,7,8). The van der Waals surface area contributed by atoms with Gasteiger partial charge in [0.2, 0.25) is 0 Å². The van der Waals surface area contributed by atoms with Crippen molar-refractivity contribution in [2.45, 2.75) is 30.9 Å². The first kappa shape index (κ1) is 7.85. The predicted molar refractivity (Wildman–Crippen MR) is 44.0 cm³/mol. The van der Waals surface area contributed by atoms with Crippen LogP contribution in [0.4, 0.5) is 0 Å². The average Bonchev–Trinajstić information content (AvgIpc) is 2.40. The van der Waals surface area contributed by atoms with Crippen LogP contribution >= 0.6 is 11.8 Å². The highest BCUT2D eigenvalue weighted by Gasteiger charge is 2.14. The second kappa shape index (κ2) is 3.81. The number of rotatable bonds is 3. The molecular weight excluding hydrogens is 146 g/mol. The fraction of sp³-hybridized carbons (Fsp3) is 1.00. The number of thioether (sulfide) groups is 1. The zero-order chi connectivity index (χ0) is 7.40. The Morgan fingerprint density at radius 3 is 3.10 bits per heavy atom. The van der Waals surface area contributed by atoms with Gasteiger partial charge in [-0.25, -0.2) is 0 Å². The van der Waals surface area contributed by atoms with Crippen molar-refractivity contribution in [1.29, 1.82) is 0 Å². The Morgan fingerprint density at radius 1 is 1.80 bits per heavy atom. The lowest BCUT2D eigenvalue weighted by Gasteiger charge is -2.12. The molecule has 0 aliphatic carbocycles. The van der Waals surface area contributed by atoms with Crippen LogP contribution in [-0.4, -0.2) is 17.2 Å². The number of hydrogen-bond donors (Lipinski definition) is 1. The van der Waals surface area contributed by atoms with Gasteiger partial charge >= 0.3 is 0 Å². The Kier molecular flexibility index (Phi) is 2.99. The van der Waals surface area contributed by atoms with Crippen molar-refractivity contribution >= 4 is 11.8 Å². The molecule has 0 amide bonds. The van der Waals surface area contributed by atoms with Gasteiger partial charge in [0.25, 0.3) is 0 Å². The maximum absolute atomic E-state index is 3.85. The van der Waals surface area contributed by atoms with Gasteiger partial charge in [0.05, 0.1) is 6.54 Å². The molecule has 0 fully saturated rings. The molecule has 1 aliphatic heterocycles. The molecule has 2 unspecified atom stereocenters. The minimum atomic E-state index is 0.426. The highest BCUT2D eigenvalue weighted by molar-refractivity contribution is 8.00. The topological polar surface area (TPSA) is 36.8 Å². The van der Waals surface area contributed by atoms with Gasteiger partial charge in [0.15, 0.2) is 0 Å². The molecule has 2 atom stereocenters. The van der Waals surface area contributed by atoms with E-state index in [1.165, 1.54) is 6.42 Å². The molecule has 0 radical (unpaired) electrons. The van der Waals surface area contributed by atoms with Gasteiger partial charge in [-0.2, -0.15) is 5.11 Å². The summed E-state index contributed by atoms with van der Waals surface area (Å²) < 4.78 is 0. The molecule has 0 aromatic rings. The van der Waals surface area contributed by atoms with Crippen molar-refractivity contribution in [2.75, 3.05) is 6.54 Å². The fourth-order valence-corrected chi connectivity index (χ4v) is 1.73. The summed E-state index contributed by atoms with van der Waals surface area (Å²) >= 11 is 1.91. The summed E-state index contributed by atoms with van der Waals surface area (Å²) in [6.07, 6.45) is 1.21. The lowest BCUT2D eigenvalue weighted by atomic mass is 10.4. The molecule has 0 bridgehead atoms. The van der Waals surface area contributed by atoms with Gasteiger partial charge in [0, 0.05) is 5.25 Å². The molecule has 0 aromatic heterocycles. The smallest absolute Gasteiger partial charge is 0.112 e. The van der Waals surface area contributed by atoms with Crippen LogP contribution in [-0.2, 0) is 0 Å². The van der Waals surface area contributed by atoms with Crippen LogP contribution in [0.2, 0.25) is 0 Å². The molecule has 3 nitrogen and oxygen atoms in total. The van der Waals surface area contributed by atoms with Crippen LogP contribution in [0.3, 0.4) is 0 Å². The Balaban J connectivity index is 2.13. The highest BCUT2D eigenvalue weighted by Crippen LogP contribution is 2.20. The van der Waals surface area contributed by atoms with Crippen LogP contribution in [0.15, 0.2) is 10.3 Å².